The van der Waals surface area contributed by atoms with Crippen molar-refractivity contribution in [3.8, 4) is 5.75 Å². The molecule has 0 fully saturated rings. The van der Waals surface area contributed by atoms with E-state index in [2.05, 4.69) is 0 Å². The van der Waals surface area contributed by atoms with Gasteiger partial charge in [0.25, 0.3) is 0 Å². The lowest BCUT2D eigenvalue weighted by atomic mass is 10.2. The number of hydrogen-bond acceptors (Lipinski definition) is 3. The van der Waals surface area contributed by atoms with Crippen LogP contribution in [0, 0.1) is 6.92 Å². The molecule has 0 spiro atoms. The lowest BCUT2D eigenvalue weighted by molar-refractivity contribution is -0.140. The molecular formula is C12H14ClNO3. The zero-order valence-corrected chi connectivity index (χ0v) is 10.7. The minimum atomic E-state index is -0.482. The molecule has 4 nitrogen and oxygen atoms in total. The Balaban J connectivity index is 2.62. The van der Waals surface area contributed by atoms with Crippen molar-refractivity contribution in [3.05, 3.63) is 28.8 Å². The van der Waals surface area contributed by atoms with Crippen LogP contribution in [0.3, 0.4) is 0 Å². The highest BCUT2D eigenvalue weighted by Gasteiger charge is 2.11. The molecule has 0 radical (unpaired) electrons. The number of benzene rings is 1. The van der Waals surface area contributed by atoms with Gasteiger partial charge in [-0.25, -0.2) is 4.79 Å². The number of amides is 1. The van der Waals surface area contributed by atoms with Gasteiger partial charge in [0.15, 0.2) is 0 Å². The Labute approximate surface area is 105 Å². The van der Waals surface area contributed by atoms with Gasteiger partial charge >= 0.3 is 5.97 Å². The number of hydrogen-bond donors (Lipinski definition) is 0. The predicted octanol–water partition coefficient (Wildman–Crippen LogP) is 2.03. The van der Waals surface area contributed by atoms with Gasteiger partial charge in [-0.1, -0.05) is 11.6 Å². The molecule has 0 saturated carbocycles. The average Bonchev–Trinajstić information content (AvgIpc) is 2.23. The maximum atomic E-state index is 11.5. The second-order valence-corrected chi connectivity index (χ2v) is 4.17. The van der Waals surface area contributed by atoms with Gasteiger partial charge in [0.2, 0.25) is 5.91 Å². The summed E-state index contributed by atoms with van der Waals surface area (Å²) in [6.07, 6.45) is 0. The molecule has 1 amide bonds. The van der Waals surface area contributed by atoms with Gasteiger partial charge in [-0.2, -0.15) is 0 Å². The number of rotatable bonds is 3. The largest absolute Gasteiger partial charge is 0.425 e. The third kappa shape index (κ3) is 4.07. The molecule has 1 rings (SSSR count). The summed E-state index contributed by atoms with van der Waals surface area (Å²) >= 11 is 5.85. The quantitative estimate of drug-likeness (QED) is 0.613. The van der Waals surface area contributed by atoms with Crippen LogP contribution in [0.2, 0.25) is 5.02 Å². The van der Waals surface area contributed by atoms with Gasteiger partial charge in [0.1, 0.15) is 12.3 Å². The Kier molecular flexibility index (Phi) is 4.52. The molecule has 0 atom stereocenters. The first-order valence-electron chi connectivity index (χ1n) is 5.08. The van der Waals surface area contributed by atoms with Crippen molar-refractivity contribution in [2.75, 3.05) is 13.6 Å². The molecule has 17 heavy (non-hydrogen) atoms. The molecule has 0 unspecified atom stereocenters. The van der Waals surface area contributed by atoms with Gasteiger partial charge in [-0.05, 0) is 30.7 Å². The monoisotopic (exact) mass is 255 g/mol. The SMILES string of the molecule is CC(=O)N(C)CC(=O)Oc1ccc(Cl)c(C)c1. The van der Waals surface area contributed by atoms with Crippen LogP contribution in [0.4, 0.5) is 0 Å². The summed E-state index contributed by atoms with van der Waals surface area (Å²) in [6.45, 7) is 3.14. The number of halogens is 1. The molecule has 1 aromatic carbocycles. The Morgan fingerprint density at radius 3 is 2.59 bits per heavy atom. The van der Waals surface area contributed by atoms with E-state index in [1.807, 2.05) is 6.92 Å². The Morgan fingerprint density at radius 1 is 1.41 bits per heavy atom. The highest BCUT2D eigenvalue weighted by Crippen LogP contribution is 2.21. The molecule has 5 heteroatoms. The summed E-state index contributed by atoms with van der Waals surface area (Å²) in [6, 6.07) is 4.95. The van der Waals surface area contributed by atoms with E-state index in [-0.39, 0.29) is 12.5 Å². The third-order valence-corrected chi connectivity index (χ3v) is 2.69. The summed E-state index contributed by atoms with van der Waals surface area (Å²) < 4.78 is 5.08. The Hall–Kier alpha value is -1.55. The maximum absolute atomic E-state index is 11.5. The standard InChI is InChI=1S/C12H14ClNO3/c1-8-6-10(4-5-11(8)13)17-12(16)7-14(3)9(2)15/h4-6H,7H2,1-3H3. The van der Waals surface area contributed by atoms with Crippen LogP contribution in [0.15, 0.2) is 18.2 Å². The Bertz CT molecular complexity index is 445. The molecule has 0 aromatic heterocycles. The van der Waals surface area contributed by atoms with Crippen molar-refractivity contribution in [2.45, 2.75) is 13.8 Å². The van der Waals surface area contributed by atoms with Gasteiger partial charge in [0.05, 0.1) is 0 Å². The van der Waals surface area contributed by atoms with Gasteiger partial charge < -0.3 is 9.64 Å². The molecule has 0 aliphatic heterocycles. The minimum absolute atomic E-state index is 0.0724. The summed E-state index contributed by atoms with van der Waals surface area (Å²) in [7, 11) is 1.54. The summed E-state index contributed by atoms with van der Waals surface area (Å²) in [5.74, 6) is -0.243. The third-order valence-electron chi connectivity index (χ3n) is 2.26. The molecule has 0 aliphatic rings. The van der Waals surface area contributed by atoms with Crippen molar-refractivity contribution in [3.63, 3.8) is 0 Å². The summed E-state index contributed by atoms with van der Waals surface area (Å²) in [5.41, 5.74) is 0.830. The molecule has 0 bridgehead atoms. The first kappa shape index (κ1) is 13.5. The summed E-state index contributed by atoms with van der Waals surface area (Å²) in [4.78, 5) is 23.7. The van der Waals surface area contributed by atoms with Crippen molar-refractivity contribution >= 4 is 23.5 Å². The van der Waals surface area contributed by atoms with E-state index in [4.69, 9.17) is 16.3 Å². The van der Waals surface area contributed by atoms with E-state index in [0.717, 1.165) is 5.56 Å². The number of aryl methyl sites for hydroxylation is 1. The maximum Gasteiger partial charge on any atom is 0.331 e. The van der Waals surface area contributed by atoms with E-state index in [9.17, 15) is 9.59 Å². The second-order valence-electron chi connectivity index (χ2n) is 3.76. The predicted molar refractivity (Wildman–Crippen MR) is 65.1 cm³/mol. The van der Waals surface area contributed by atoms with Crippen LogP contribution < -0.4 is 4.74 Å². The zero-order chi connectivity index (χ0) is 13.0. The lowest BCUT2D eigenvalue weighted by Gasteiger charge is -2.13. The first-order valence-corrected chi connectivity index (χ1v) is 5.46. The molecule has 0 N–H and O–H groups in total. The normalized spacial score (nSPS) is 9.88. The molecule has 0 saturated heterocycles. The zero-order valence-electron chi connectivity index (χ0n) is 9.99. The van der Waals surface area contributed by atoms with Crippen LogP contribution in [0.5, 0.6) is 5.75 Å². The molecular weight excluding hydrogens is 242 g/mol. The van der Waals surface area contributed by atoms with Crippen LogP contribution in [-0.2, 0) is 9.59 Å². The number of ether oxygens (including phenoxy) is 1. The van der Waals surface area contributed by atoms with E-state index >= 15 is 0 Å². The van der Waals surface area contributed by atoms with Gasteiger partial charge in [-0.3, -0.25) is 4.79 Å². The van der Waals surface area contributed by atoms with Crippen LogP contribution in [0.25, 0.3) is 0 Å². The van der Waals surface area contributed by atoms with Crippen LogP contribution in [0.1, 0.15) is 12.5 Å². The number of carbonyl (C=O) groups excluding carboxylic acids is 2. The van der Waals surface area contributed by atoms with E-state index in [1.54, 1.807) is 18.2 Å². The number of carbonyl (C=O) groups is 2. The van der Waals surface area contributed by atoms with Crippen molar-refractivity contribution < 1.29 is 14.3 Å². The minimum Gasteiger partial charge on any atom is -0.425 e. The molecule has 92 valence electrons. The van der Waals surface area contributed by atoms with Crippen LogP contribution in [-0.4, -0.2) is 30.4 Å². The second kappa shape index (κ2) is 5.68. The lowest BCUT2D eigenvalue weighted by Crippen LogP contribution is -2.32. The first-order chi connectivity index (χ1) is 7.90. The molecule has 1 aromatic rings. The fourth-order valence-corrected chi connectivity index (χ4v) is 1.27. The molecule has 0 heterocycles. The van der Waals surface area contributed by atoms with Crippen molar-refractivity contribution in [1.82, 2.24) is 4.90 Å². The van der Waals surface area contributed by atoms with Gasteiger partial charge in [-0.15, -0.1) is 0 Å². The number of nitrogens with zero attached hydrogens (tertiary/aromatic N) is 1. The van der Waals surface area contributed by atoms with Crippen molar-refractivity contribution in [2.24, 2.45) is 0 Å². The molecule has 0 aliphatic carbocycles. The number of esters is 1. The average molecular weight is 256 g/mol. The summed E-state index contributed by atoms with van der Waals surface area (Å²) in [5, 5.41) is 0.616. The van der Waals surface area contributed by atoms with E-state index < -0.39 is 5.97 Å². The fourth-order valence-electron chi connectivity index (χ4n) is 1.15. The van der Waals surface area contributed by atoms with Gasteiger partial charge in [0, 0.05) is 19.0 Å². The smallest absolute Gasteiger partial charge is 0.331 e. The van der Waals surface area contributed by atoms with E-state index in [0.29, 0.717) is 10.8 Å². The van der Waals surface area contributed by atoms with Crippen molar-refractivity contribution in [1.29, 1.82) is 0 Å². The number of likely N-dealkylation sites (N-methyl/N-ethyl adjacent to an activating group) is 1. The topological polar surface area (TPSA) is 46.6 Å². The highest BCUT2D eigenvalue weighted by molar-refractivity contribution is 6.31. The Morgan fingerprint density at radius 2 is 2.06 bits per heavy atom. The fraction of sp³-hybridized carbons (Fsp3) is 0.333. The van der Waals surface area contributed by atoms with Crippen LogP contribution >= 0.6 is 11.6 Å². The highest BCUT2D eigenvalue weighted by atomic mass is 35.5. The van der Waals surface area contributed by atoms with E-state index in [1.165, 1.54) is 18.9 Å².